The van der Waals surface area contributed by atoms with Crippen LogP contribution in [0, 0.1) is 0 Å². The second-order valence-electron chi connectivity index (χ2n) is 7.79. The SMILES string of the molecule is COCCN(CC(=O)N1N=C(c2cccs2)C[C@@H]1c1cc(OC)ccc1OC)C(=O)c1ccco1. The maximum atomic E-state index is 13.6. The first-order valence-electron chi connectivity index (χ1n) is 11.0. The number of amides is 2. The van der Waals surface area contributed by atoms with Gasteiger partial charge in [0, 0.05) is 25.6 Å². The second kappa shape index (κ2) is 11.2. The number of carbonyl (C=O) groups excluding carboxylic acids is 2. The lowest BCUT2D eigenvalue weighted by Crippen LogP contribution is -2.42. The van der Waals surface area contributed by atoms with Crippen LogP contribution in [-0.2, 0) is 9.53 Å². The van der Waals surface area contributed by atoms with Crippen molar-refractivity contribution in [3.63, 3.8) is 0 Å². The van der Waals surface area contributed by atoms with Gasteiger partial charge in [-0.1, -0.05) is 6.07 Å². The molecule has 1 aliphatic rings. The number of ether oxygens (including phenoxy) is 3. The Kier molecular flexibility index (Phi) is 7.84. The fraction of sp³-hybridized carbons (Fsp3) is 0.320. The second-order valence-corrected chi connectivity index (χ2v) is 8.73. The maximum absolute atomic E-state index is 13.6. The average Bonchev–Trinajstić information content (AvgIpc) is 3.67. The molecule has 0 saturated heterocycles. The standard InChI is InChI=1S/C25H27N3O6S/c1-31-12-10-27(25(30)22-6-4-11-34-22)16-24(29)28-20(15-19(26-28)23-7-5-13-35-23)18-14-17(32-2)8-9-21(18)33-3/h4-9,11,13-14,20H,10,12,15-16H2,1-3H3/t20-/m1/s1. The van der Waals surface area contributed by atoms with Crippen LogP contribution in [0.5, 0.6) is 11.5 Å². The molecule has 184 valence electrons. The zero-order chi connectivity index (χ0) is 24.8. The molecular formula is C25H27N3O6S. The number of furan rings is 1. The normalized spacial score (nSPS) is 15.1. The molecule has 0 unspecified atom stereocenters. The highest BCUT2D eigenvalue weighted by molar-refractivity contribution is 7.12. The van der Waals surface area contributed by atoms with Gasteiger partial charge in [0.2, 0.25) is 0 Å². The summed E-state index contributed by atoms with van der Waals surface area (Å²) in [5.41, 5.74) is 1.57. The van der Waals surface area contributed by atoms with Crippen LogP contribution in [0.1, 0.15) is 33.5 Å². The van der Waals surface area contributed by atoms with Crippen LogP contribution in [0.15, 0.2) is 63.6 Å². The van der Waals surface area contributed by atoms with Crippen LogP contribution in [-0.4, -0.2) is 68.5 Å². The third kappa shape index (κ3) is 5.39. The number of nitrogens with zero attached hydrogens (tertiary/aromatic N) is 3. The highest BCUT2D eigenvalue weighted by atomic mass is 32.1. The van der Waals surface area contributed by atoms with Crippen molar-refractivity contribution < 1.29 is 28.2 Å². The van der Waals surface area contributed by atoms with Gasteiger partial charge in [0.1, 0.15) is 18.0 Å². The van der Waals surface area contributed by atoms with Crippen molar-refractivity contribution in [2.24, 2.45) is 5.10 Å². The highest BCUT2D eigenvalue weighted by Crippen LogP contribution is 2.39. The van der Waals surface area contributed by atoms with Gasteiger partial charge < -0.3 is 23.5 Å². The van der Waals surface area contributed by atoms with E-state index in [0.29, 0.717) is 17.9 Å². The smallest absolute Gasteiger partial charge is 0.290 e. The van der Waals surface area contributed by atoms with E-state index in [-0.39, 0.29) is 31.4 Å². The van der Waals surface area contributed by atoms with E-state index >= 15 is 0 Å². The monoisotopic (exact) mass is 497 g/mol. The minimum absolute atomic E-state index is 0.157. The molecule has 1 atom stereocenters. The lowest BCUT2D eigenvalue weighted by molar-refractivity contribution is -0.133. The van der Waals surface area contributed by atoms with Gasteiger partial charge in [0.25, 0.3) is 11.8 Å². The number of benzene rings is 1. The van der Waals surface area contributed by atoms with Crippen molar-refractivity contribution in [3.05, 3.63) is 70.3 Å². The van der Waals surface area contributed by atoms with Crippen molar-refractivity contribution in [2.75, 3.05) is 41.0 Å². The summed E-state index contributed by atoms with van der Waals surface area (Å²) in [5.74, 6) is 0.704. The van der Waals surface area contributed by atoms with Gasteiger partial charge >= 0.3 is 0 Å². The number of thiophene rings is 1. The summed E-state index contributed by atoms with van der Waals surface area (Å²) >= 11 is 1.56. The molecule has 10 heteroatoms. The van der Waals surface area contributed by atoms with Crippen molar-refractivity contribution in [1.29, 1.82) is 0 Å². The number of methoxy groups -OCH3 is 3. The topological polar surface area (TPSA) is 93.8 Å². The number of hydrogen-bond acceptors (Lipinski definition) is 8. The number of hydrazone groups is 1. The summed E-state index contributed by atoms with van der Waals surface area (Å²) in [6.45, 7) is 0.313. The molecule has 0 bridgehead atoms. The zero-order valence-electron chi connectivity index (χ0n) is 19.8. The van der Waals surface area contributed by atoms with Crippen LogP contribution in [0.4, 0.5) is 0 Å². The molecule has 3 aromatic rings. The molecule has 2 amide bonds. The molecule has 4 rings (SSSR count). The summed E-state index contributed by atoms with van der Waals surface area (Å²) in [4.78, 5) is 29.0. The number of hydrogen-bond donors (Lipinski definition) is 0. The van der Waals surface area contributed by atoms with Crippen LogP contribution < -0.4 is 9.47 Å². The van der Waals surface area contributed by atoms with Crippen LogP contribution in [0.25, 0.3) is 0 Å². The molecule has 1 aromatic carbocycles. The lowest BCUT2D eigenvalue weighted by atomic mass is 9.99. The van der Waals surface area contributed by atoms with Crippen LogP contribution in [0.3, 0.4) is 0 Å². The van der Waals surface area contributed by atoms with Crippen molar-refractivity contribution in [3.8, 4) is 11.5 Å². The van der Waals surface area contributed by atoms with E-state index < -0.39 is 11.9 Å². The maximum Gasteiger partial charge on any atom is 0.290 e. The van der Waals surface area contributed by atoms with Gasteiger partial charge in [0.05, 0.1) is 43.7 Å². The van der Waals surface area contributed by atoms with E-state index in [1.807, 2.05) is 29.6 Å². The Morgan fingerprint density at radius 1 is 1.17 bits per heavy atom. The zero-order valence-corrected chi connectivity index (χ0v) is 20.6. The van der Waals surface area contributed by atoms with E-state index in [1.54, 1.807) is 50.9 Å². The van der Waals surface area contributed by atoms with E-state index in [4.69, 9.17) is 23.7 Å². The number of carbonyl (C=O) groups is 2. The predicted octanol–water partition coefficient (Wildman–Crippen LogP) is 3.82. The van der Waals surface area contributed by atoms with E-state index in [9.17, 15) is 9.59 Å². The number of rotatable bonds is 10. The quantitative estimate of drug-likeness (QED) is 0.423. The first-order chi connectivity index (χ1) is 17.0. The Morgan fingerprint density at radius 3 is 2.69 bits per heavy atom. The summed E-state index contributed by atoms with van der Waals surface area (Å²) in [5, 5.41) is 8.11. The molecule has 1 aliphatic heterocycles. The van der Waals surface area contributed by atoms with Gasteiger partial charge in [-0.2, -0.15) is 5.10 Å². The molecular weight excluding hydrogens is 470 g/mol. The van der Waals surface area contributed by atoms with Crippen LogP contribution in [0.2, 0.25) is 0 Å². The van der Waals surface area contributed by atoms with E-state index in [2.05, 4.69) is 0 Å². The van der Waals surface area contributed by atoms with Gasteiger partial charge in [-0.05, 0) is 41.8 Å². The Labute approximate surface area is 207 Å². The molecule has 0 spiro atoms. The molecule has 0 aliphatic carbocycles. The summed E-state index contributed by atoms with van der Waals surface area (Å²) in [7, 11) is 4.72. The Morgan fingerprint density at radius 2 is 2.03 bits per heavy atom. The molecule has 35 heavy (non-hydrogen) atoms. The molecule has 0 saturated carbocycles. The highest BCUT2D eigenvalue weighted by Gasteiger charge is 2.36. The predicted molar refractivity (Wildman–Crippen MR) is 131 cm³/mol. The molecule has 0 N–H and O–H groups in total. The summed E-state index contributed by atoms with van der Waals surface area (Å²) < 4.78 is 21.4. The van der Waals surface area contributed by atoms with Gasteiger partial charge in [-0.25, -0.2) is 5.01 Å². The Bertz CT molecular complexity index is 1180. The largest absolute Gasteiger partial charge is 0.497 e. The Balaban J connectivity index is 1.66. The fourth-order valence-electron chi connectivity index (χ4n) is 3.92. The minimum Gasteiger partial charge on any atom is -0.497 e. The molecule has 9 nitrogen and oxygen atoms in total. The summed E-state index contributed by atoms with van der Waals surface area (Å²) in [6, 6.07) is 12.2. The molecule has 0 fully saturated rings. The first-order valence-corrected chi connectivity index (χ1v) is 11.9. The first kappa shape index (κ1) is 24.5. The summed E-state index contributed by atoms with van der Waals surface area (Å²) in [6.07, 6.45) is 1.92. The van der Waals surface area contributed by atoms with Crippen molar-refractivity contribution >= 4 is 28.9 Å². The third-order valence-corrected chi connectivity index (χ3v) is 6.60. The average molecular weight is 498 g/mol. The molecule has 3 heterocycles. The van der Waals surface area contributed by atoms with Gasteiger partial charge in [-0.15, -0.1) is 11.3 Å². The van der Waals surface area contributed by atoms with E-state index in [1.165, 1.54) is 16.2 Å². The van der Waals surface area contributed by atoms with Gasteiger partial charge in [0.15, 0.2) is 5.76 Å². The molecule has 2 aromatic heterocycles. The lowest BCUT2D eigenvalue weighted by Gasteiger charge is -2.27. The molecule has 0 radical (unpaired) electrons. The third-order valence-electron chi connectivity index (χ3n) is 5.68. The van der Waals surface area contributed by atoms with Gasteiger partial charge in [-0.3, -0.25) is 9.59 Å². The fourth-order valence-corrected chi connectivity index (χ4v) is 4.64. The van der Waals surface area contributed by atoms with Crippen molar-refractivity contribution in [2.45, 2.75) is 12.5 Å². The van der Waals surface area contributed by atoms with Crippen LogP contribution >= 0.6 is 11.3 Å². The Hall–Kier alpha value is -3.63. The van der Waals surface area contributed by atoms with E-state index in [0.717, 1.165) is 16.2 Å². The minimum atomic E-state index is -0.423. The van der Waals surface area contributed by atoms with Crippen molar-refractivity contribution in [1.82, 2.24) is 9.91 Å².